The van der Waals surface area contributed by atoms with Crippen LogP contribution in [0, 0.1) is 5.82 Å². The molecule has 2 aromatic rings. The highest BCUT2D eigenvalue weighted by atomic mass is 19.1. The summed E-state index contributed by atoms with van der Waals surface area (Å²) in [5.74, 6) is -0.182. The van der Waals surface area contributed by atoms with Crippen molar-refractivity contribution in [3.05, 3.63) is 47.8 Å². The highest BCUT2D eigenvalue weighted by Crippen LogP contribution is 2.21. The average molecular weight is 189 g/mol. The van der Waals surface area contributed by atoms with Gasteiger partial charge in [-0.25, -0.2) is 4.39 Å². The summed E-state index contributed by atoms with van der Waals surface area (Å²) in [5, 5.41) is 1.55. The maximum Gasteiger partial charge on any atom is 0.131 e. The fourth-order valence-corrected chi connectivity index (χ4v) is 1.55. The van der Waals surface area contributed by atoms with Crippen molar-refractivity contribution in [1.29, 1.82) is 0 Å². The lowest BCUT2D eigenvalue weighted by molar-refractivity contribution is 0.640. The number of halogens is 1. The summed E-state index contributed by atoms with van der Waals surface area (Å²) < 4.78 is 13.3. The molecule has 1 nitrogen and oxygen atoms in total. The molecule has 0 unspecified atom stereocenters. The monoisotopic (exact) mass is 189 g/mol. The van der Waals surface area contributed by atoms with Crippen molar-refractivity contribution in [3.63, 3.8) is 0 Å². The second-order valence-electron chi connectivity index (χ2n) is 3.51. The Morgan fingerprint density at radius 3 is 2.71 bits per heavy atom. The van der Waals surface area contributed by atoms with E-state index in [1.807, 2.05) is 25.1 Å². The first-order valence-electron chi connectivity index (χ1n) is 4.62. The zero-order chi connectivity index (χ0) is 10.1. The lowest BCUT2D eigenvalue weighted by atomic mass is 10.0. The number of hydrogen-bond acceptors (Lipinski definition) is 1. The Labute approximate surface area is 82.3 Å². The van der Waals surface area contributed by atoms with Gasteiger partial charge in [0.25, 0.3) is 0 Å². The zero-order valence-corrected chi connectivity index (χ0v) is 8.00. The zero-order valence-electron chi connectivity index (χ0n) is 8.00. The summed E-state index contributed by atoms with van der Waals surface area (Å²) >= 11 is 0. The first-order valence-corrected chi connectivity index (χ1v) is 4.62. The van der Waals surface area contributed by atoms with E-state index >= 15 is 0 Å². The summed E-state index contributed by atoms with van der Waals surface area (Å²) in [7, 11) is 0. The van der Waals surface area contributed by atoms with E-state index in [2.05, 4.69) is 0 Å². The average Bonchev–Trinajstić information content (AvgIpc) is 2.17. The second kappa shape index (κ2) is 3.39. The van der Waals surface area contributed by atoms with Crippen molar-refractivity contribution in [2.75, 3.05) is 0 Å². The Balaban J connectivity index is 2.67. The standard InChI is InChI=1S/C12H12FN/c1-8(14)9-5-6-11-10(7-9)3-2-4-12(11)13/h2-8H,14H2,1H3/t8-/m1/s1. The summed E-state index contributed by atoms with van der Waals surface area (Å²) in [6, 6.07) is 10.6. The van der Waals surface area contributed by atoms with Gasteiger partial charge in [-0.3, -0.25) is 0 Å². The summed E-state index contributed by atoms with van der Waals surface area (Å²) in [6.45, 7) is 1.92. The molecular weight excluding hydrogens is 177 g/mol. The van der Waals surface area contributed by atoms with Crippen LogP contribution < -0.4 is 5.73 Å². The van der Waals surface area contributed by atoms with Crippen LogP contribution in [0.25, 0.3) is 10.8 Å². The number of nitrogens with two attached hydrogens (primary N) is 1. The first-order chi connectivity index (χ1) is 6.68. The van der Waals surface area contributed by atoms with E-state index in [4.69, 9.17) is 5.73 Å². The van der Waals surface area contributed by atoms with Crippen LogP contribution in [-0.4, -0.2) is 0 Å². The molecule has 1 atom stereocenters. The lowest BCUT2D eigenvalue weighted by Crippen LogP contribution is -2.04. The Morgan fingerprint density at radius 1 is 1.21 bits per heavy atom. The molecule has 0 spiro atoms. The number of benzene rings is 2. The van der Waals surface area contributed by atoms with Crippen LogP contribution in [0.2, 0.25) is 0 Å². The van der Waals surface area contributed by atoms with Crippen LogP contribution in [-0.2, 0) is 0 Å². The van der Waals surface area contributed by atoms with E-state index in [1.165, 1.54) is 6.07 Å². The lowest BCUT2D eigenvalue weighted by Gasteiger charge is -2.07. The predicted molar refractivity (Wildman–Crippen MR) is 56.5 cm³/mol. The number of fused-ring (bicyclic) bond motifs is 1. The van der Waals surface area contributed by atoms with Gasteiger partial charge in [0.05, 0.1) is 0 Å². The predicted octanol–water partition coefficient (Wildman–Crippen LogP) is 3.00. The van der Waals surface area contributed by atoms with Gasteiger partial charge in [0, 0.05) is 11.4 Å². The molecule has 0 aromatic heterocycles. The summed E-state index contributed by atoms with van der Waals surface area (Å²) in [5.41, 5.74) is 6.78. The SMILES string of the molecule is C[C@@H](N)c1ccc2c(F)cccc2c1. The Morgan fingerprint density at radius 2 is 2.00 bits per heavy atom. The molecule has 72 valence electrons. The van der Waals surface area contributed by atoms with Crippen LogP contribution in [0.1, 0.15) is 18.5 Å². The van der Waals surface area contributed by atoms with E-state index in [9.17, 15) is 4.39 Å². The Bertz CT molecular complexity index is 463. The van der Waals surface area contributed by atoms with Gasteiger partial charge in [-0.1, -0.05) is 24.3 Å². The van der Waals surface area contributed by atoms with E-state index in [-0.39, 0.29) is 11.9 Å². The minimum atomic E-state index is -0.182. The van der Waals surface area contributed by atoms with Crippen LogP contribution >= 0.6 is 0 Å². The molecule has 0 radical (unpaired) electrons. The number of hydrogen-bond donors (Lipinski definition) is 1. The molecule has 2 N–H and O–H groups in total. The largest absolute Gasteiger partial charge is 0.324 e. The normalized spacial score (nSPS) is 13.1. The Kier molecular flexibility index (Phi) is 2.22. The summed E-state index contributed by atoms with van der Waals surface area (Å²) in [4.78, 5) is 0. The molecule has 2 aromatic carbocycles. The third-order valence-electron chi connectivity index (χ3n) is 2.38. The molecule has 0 aliphatic heterocycles. The van der Waals surface area contributed by atoms with Crippen LogP contribution in [0.5, 0.6) is 0 Å². The second-order valence-corrected chi connectivity index (χ2v) is 3.51. The molecule has 0 fully saturated rings. The maximum atomic E-state index is 13.3. The van der Waals surface area contributed by atoms with Crippen molar-refractivity contribution in [2.45, 2.75) is 13.0 Å². The van der Waals surface area contributed by atoms with Gasteiger partial charge in [-0.15, -0.1) is 0 Å². The highest BCUT2D eigenvalue weighted by Gasteiger charge is 2.03. The third kappa shape index (κ3) is 1.49. The van der Waals surface area contributed by atoms with Crippen LogP contribution in [0.15, 0.2) is 36.4 Å². The van der Waals surface area contributed by atoms with Gasteiger partial charge in [0.1, 0.15) is 5.82 Å². The molecule has 0 heterocycles. The molecule has 2 heteroatoms. The fraction of sp³-hybridized carbons (Fsp3) is 0.167. The van der Waals surface area contributed by atoms with E-state index < -0.39 is 0 Å². The molecule has 0 saturated heterocycles. The van der Waals surface area contributed by atoms with Crippen LogP contribution in [0.4, 0.5) is 4.39 Å². The van der Waals surface area contributed by atoms with Gasteiger partial charge in [-0.2, -0.15) is 0 Å². The van der Waals surface area contributed by atoms with Crippen molar-refractivity contribution < 1.29 is 4.39 Å². The summed E-state index contributed by atoms with van der Waals surface area (Å²) in [6.07, 6.45) is 0. The van der Waals surface area contributed by atoms with E-state index in [1.54, 1.807) is 12.1 Å². The van der Waals surface area contributed by atoms with Gasteiger partial charge < -0.3 is 5.73 Å². The van der Waals surface area contributed by atoms with E-state index in [0.29, 0.717) is 5.39 Å². The molecular formula is C12H12FN. The molecule has 0 aliphatic rings. The molecule has 0 saturated carbocycles. The third-order valence-corrected chi connectivity index (χ3v) is 2.38. The molecule has 2 rings (SSSR count). The van der Waals surface area contributed by atoms with Crippen molar-refractivity contribution in [1.82, 2.24) is 0 Å². The smallest absolute Gasteiger partial charge is 0.131 e. The minimum absolute atomic E-state index is 0.0114. The van der Waals surface area contributed by atoms with E-state index in [0.717, 1.165) is 10.9 Å². The first kappa shape index (κ1) is 9.16. The Hall–Kier alpha value is -1.41. The molecule has 14 heavy (non-hydrogen) atoms. The van der Waals surface area contributed by atoms with Crippen molar-refractivity contribution >= 4 is 10.8 Å². The van der Waals surface area contributed by atoms with Gasteiger partial charge in [0.15, 0.2) is 0 Å². The topological polar surface area (TPSA) is 26.0 Å². The van der Waals surface area contributed by atoms with Gasteiger partial charge >= 0.3 is 0 Å². The van der Waals surface area contributed by atoms with Crippen molar-refractivity contribution in [3.8, 4) is 0 Å². The fourth-order valence-electron chi connectivity index (χ4n) is 1.55. The van der Waals surface area contributed by atoms with Gasteiger partial charge in [-0.05, 0) is 30.0 Å². The minimum Gasteiger partial charge on any atom is -0.324 e. The van der Waals surface area contributed by atoms with Gasteiger partial charge in [0.2, 0.25) is 0 Å². The molecule has 0 amide bonds. The van der Waals surface area contributed by atoms with Crippen molar-refractivity contribution in [2.24, 2.45) is 5.73 Å². The maximum absolute atomic E-state index is 13.3. The highest BCUT2D eigenvalue weighted by molar-refractivity contribution is 5.83. The molecule has 0 bridgehead atoms. The van der Waals surface area contributed by atoms with Crippen LogP contribution in [0.3, 0.4) is 0 Å². The number of rotatable bonds is 1. The quantitative estimate of drug-likeness (QED) is 0.733. The molecule has 0 aliphatic carbocycles.